The lowest BCUT2D eigenvalue weighted by Crippen LogP contribution is -2.32. The second-order valence-electron chi connectivity index (χ2n) is 7.44. The van der Waals surface area contributed by atoms with Gasteiger partial charge in [0.15, 0.2) is 5.78 Å². The molecule has 0 radical (unpaired) electrons. The normalized spacial score (nSPS) is 14.7. The van der Waals surface area contributed by atoms with Gasteiger partial charge in [-0.3, -0.25) is 9.59 Å². The van der Waals surface area contributed by atoms with Crippen LogP contribution >= 0.6 is 0 Å². The van der Waals surface area contributed by atoms with Crippen molar-refractivity contribution in [3.05, 3.63) is 64.3 Å². The van der Waals surface area contributed by atoms with E-state index in [0.29, 0.717) is 35.5 Å². The Labute approximate surface area is 156 Å². The number of aromatic nitrogens is 1. The Morgan fingerprint density at radius 2 is 1.96 bits per heavy atom. The molecule has 1 aliphatic carbocycles. The summed E-state index contributed by atoms with van der Waals surface area (Å²) in [6.07, 6.45) is 0. The Hall–Kier alpha value is -3.12. The van der Waals surface area contributed by atoms with Gasteiger partial charge in [-0.15, -0.1) is 0 Å². The summed E-state index contributed by atoms with van der Waals surface area (Å²) in [6, 6.07) is 10.8. The van der Waals surface area contributed by atoms with Crippen LogP contribution in [0, 0.1) is 0 Å². The lowest BCUT2D eigenvalue weighted by Gasteiger charge is -2.32. The minimum atomic E-state index is -0.462. The zero-order valence-corrected chi connectivity index (χ0v) is 15.3. The summed E-state index contributed by atoms with van der Waals surface area (Å²) < 4.78 is 0. The van der Waals surface area contributed by atoms with E-state index in [1.165, 1.54) is 0 Å². The number of amides is 1. The van der Waals surface area contributed by atoms with E-state index in [-0.39, 0.29) is 11.7 Å². The van der Waals surface area contributed by atoms with Gasteiger partial charge in [-0.1, -0.05) is 19.9 Å². The van der Waals surface area contributed by atoms with Crippen molar-refractivity contribution in [2.45, 2.75) is 19.3 Å². The van der Waals surface area contributed by atoms with Crippen molar-refractivity contribution in [3.8, 4) is 0 Å². The van der Waals surface area contributed by atoms with Crippen LogP contribution in [-0.2, 0) is 5.41 Å². The number of rotatable bonds is 3. The summed E-state index contributed by atoms with van der Waals surface area (Å²) in [6.45, 7) is 4.89. The maximum atomic E-state index is 13.2. The van der Waals surface area contributed by atoms with Crippen molar-refractivity contribution in [2.75, 3.05) is 18.8 Å². The number of nitrogen functional groups attached to an aromatic ring is 1. The third-order valence-electron chi connectivity index (χ3n) is 5.30. The van der Waals surface area contributed by atoms with E-state index in [1.54, 1.807) is 18.2 Å². The largest absolute Gasteiger partial charge is 0.399 e. The minimum absolute atomic E-state index is 0.0377. The highest BCUT2D eigenvalue weighted by Crippen LogP contribution is 2.44. The molecule has 0 spiro atoms. The van der Waals surface area contributed by atoms with Crippen LogP contribution in [0.1, 0.15) is 51.4 Å². The summed E-state index contributed by atoms with van der Waals surface area (Å²) in [4.78, 5) is 29.0. The molecule has 6 nitrogen and oxygen atoms in total. The Balaban J connectivity index is 1.89. The molecule has 1 amide bonds. The molecule has 0 atom stereocenters. The van der Waals surface area contributed by atoms with E-state index in [1.807, 2.05) is 18.2 Å². The maximum Gasteiger partial charge on any atom is 0.251 e. The molecule has 1 aromatic heterocycles. The van der Waals surface area contributed by atoms with Gasteiger partial charge in [-0.25, -0.2) is 0 Å². The average Bonchev–Trinajstić information content (AvgIpc) is 3.03. The predicted octanol–water partition coefficient (Wildman–Crippen LogP) is 2.31. The molecule has 0 fully saturated rings. The number of nitrogens with one attached hydrogen (secondary N) is 2. The number of benzene rings is 2. The topological polar surface area (TPSA) is 114 Å². The van der Waals surface area contributed by atoms with Crippen LogP contribution in [0.15, 0.2) is 36.4 Å². The molecule has 27 heavy (non-hydrogen) atoms. The van der Waals surface area contributed by atoms with Crippen LogP contribution in [0.4, 0.5) is 5.69 Å². The zero-order chi connectivity index (χ0) is 19.3. The van der Waals surface area contributed by atoms with Crippen molar-refractivity contribution in [2.24, 2.45) is 5.73 Å². The molecular formula is C21H22N4O2. The summed E-state index contributed by atoms with van der Waals surface area (Å²) >= 11 is 0. The second kappa shape index (κ2) is 5.96. The van der Waals surface area contributed by atoms with Gasteiger partial charge >= 0.3 is 0 Å². The molecule has 0 aliphatic heterocycles. The number of fused-ring (bicyclic) bond motifs is 4. The van der Waals surface area contributed by atoms with Gasteiger partial charge in [-0.2, -0.15) is 0 Å². The van der Waals surface area contributed by atoms with E-state index in [0.717, 1.165) is 22.2 Å². The van der Waals surface area contributed by atoms with Crippen LogP contribution in [0.3, 0.4) is 0 Å². The standard InChI is InChI=1S/C21H22N4O2/c1-21(2)15-9-11(20(27)24-8-7-22)3-5-13(15)18(26)17-14-6-4-12(23)10-16(14)25-19(17)21/h3-6,9-10,25H,7-8,22-23H2,1-2H3,(H,24,27). The number of hydrogen-bond acceptors (Lipinski definition) is 4. The summed E-state index contributed by atoms with van der Waals surface area (Å²) in [5, 5.41) is 3.64. The summed E-state index contributed by atoms with van der Waals surface area (Å²) in [5.74, 6) is -0.231. The number of ketones is 1. The highest BCUT2D eigenvalue weighted by Gasteiger charge is 2.39. The smallest absolute Gasteiger partial charge is 0.251 e. The fourth-order valence-corrected chi connectivity index (χ4v) is 3.88. The fourth-order valence-electron chi connectivity index (χ4n) is 3.88. The lowest BCUT2D eigenvalue weighted by molar-refractivity contribution is 0.0952. The molecule has 0 unspecified atom stereocenters. The molecule has 6 heteroatoms. The maximum absolute atomic E-state index is 13.2. The van der Waals surface area contributed by atoms with Crippen LogP contribution < -0.4 is 16.8 Å². The van der Waals surface area contributed by atoms with Gasteiger partial charge in [0.25, 0.3) is 5.91 Å². The van der Waals surface area contributed by atoms with Crippen molar-refractivity contribution in [3.63, 3.8) is 0 Å². The molecule has 6 N–H and O–H groups in total. The molecule has 0 bridgehead atoms. The lowest BCUT2D eigenvalue weighted by atomic mass is 9.71. The van der Waals surface area contributed by atoms with Gasteiger partial charge in [0, 0.05) is 51.9 Å². The second-order valence-corrected chi connectivity index (χ2v) is 7.44. The summed E-state index contributed by atoms with van der Waals surface area (Å²) in [5.41, 5.74) is 15.9. The molecule has 1 heterocycles. The molecular weight excluding hydrogens is 340 g/mol. The number of carbonyl (C=O) groups excluding carboxylic acids is 2. The quantitative estimate of drug-likeness (QED) is 0.535. The number of nitrogens with two attached hydrogens (primary N) is 2. The molecule has 1 aliphatic rings. The average molecular weight is 362 g/mol. The van der Waals surface area contributed by atoms with Crippen molar-refractivity contribution < 1.29 is 9.59 Å². The van der Waals surface area contributed by atoms with E-state index in [9.17, 15) is 9.59 Å². The number of H-pyrrole nitrogens is 1. The minimum Gasteiger partial charge on any atom is -0.399 e. The van der Waals surface area contributed by atoms with Crippen LogP contribution in [0.2, 0.25) is 0 Å². The first-order valence-corrected chi connectivity index (χ1v) is 8.93. The monoisotopic (exact) mass is 362 g/mol. The number of anilines is 1. The van der Waals surface area contributed by atoms with E-state index >= 15 is 0 Å². The highest BCUT2D eigenvalue weighted by molar-refractivity contribution is 6.20. The van der Waals surface area contributed by atoms with Crippen molar-refractivity contribution in [1.29, 1.82) is 0 Å². The molecule has 2 aromatic carbocycles. The van der Waals surface area contributed by atoms with Crippen LogP contribution in [-0.4, -0.2) is 29.8 Å². The first-order valence-electron chi connectivity index (χ1n) is 8.93. The Bertz CT molecular complexity index is 1090. The molecule has 0 saturated carbocycles. The Morgan fingerprint density at radius 1 is 1.19 bits per heavy atom. The van der Waals surface area contributed by atoms with E-state index in [2.05, 4.69) is 24.1 Å². The molecule has 3 aromatic rings. The Kier molecular flexibility index (Phi) is 3.82. The third-order valence-corrected chi connectivity index (χ3v) is 5.30. The van der Waals surface area contributed by atoms with Crippen LogP contribution in [0.25, 0.3) is 10.9 Å². The third kappa shape index (κ3) is 2.52. The Morgan fingerprint density at radius 3 is 2.70 bits per heavy atom. The summed E-state index contributed by atoms with van der Waals surface area (Å²) in [7, 11) is 0. The number of aromatic amines is 1. The first-order chi connectivity index (χ1) is 12.8. The molecule has 0 saturated heterocycles. The highest BCUT2D eigenvalue weighted by atomic mass is 16.1. The van der Waals surface area contributed by atoms with Gasteiger partial charge in [-0.05, 0) is 35.9 Å². The van der Waals surface area contributed by atoms with Crippen molar-refractivity contribution in [1.82, 2.24) is 10.3 Å². The van der Waals surface area contributed by atoms with Gasteiger partial charge in [0.05, 0.1) is 5.56 Å². The SMILES string of the molecule is CC1(C)c2cc(C(=O)NCCN)ccc2C(=O)c2c1[nH]c1cc(N)ccc21. The number of hydrogen-bond donors (Lipinski definition) is 4. The van der Waals surface area contributed by atoms with Gasteiger partial charge < -0.3 is 21.8 Å². The van der Waals surface area contributed by atoms with E-state index in [4.69, 9.17) is 11.5 Å². The molecule has 138 valence electrons. The number of carbonyl (C=O) groups is 2. The fraction of sp³-hybridized carbons (Fsp3) is 0.238. The van der Waals surface area contributed by atoms with Gasteiger partial charge in [0.1, 0.15) is 0 Å². The van der Waals surface area contributed by atoms with Crippen LogP contribution in [0.5, 0.6) is 0 Å². The van der Waals surface area contributed by atoms with Gasteiger partial charge in [0.2, 0.25) is 0 Å². The van der Waals surface area contributed by atoms with Crippen molar-refractivity contribution >= 4 is 28.3 Å². The zero-order valence-electron chi connectivity index (χ0n) is 15.3. The van der Waals surface area contributed by atoms with E-state index < -0.39 is 5.41 Å². The molecule has 4 rings (SSSR count). The first kappa shape index (κ1) is 17.3. The predicted molar refractivity (Wildman–Crippen MR) is 106 cm³/mol.